The van der Waals surface area contributed by atoms with Crippen molar-refractivity contribution in [3.05, 3.63) is 33.1 Å². The van der Waals surface area contributed by atoms with Crippen LogP contribution in [-0.4, -0.2) is 10.1 Å². The van der Waals surface area contributed by atoms with E-state index in [1.54, 1.807) is 11.3 Å². The second kappa shape index (κ2) is 4.76. The minimum Gasteiger partial charge on any atom is -0.361 e. The highest BCUT2D eigenvalue weighted by atomic mass is 32.1. The fraction of sp³-hybridized carbons (Fsp3) is 0.455. The van der Waals surface area contributed by atoms with E-state index in [1.807, 2.05) is 19.9 Å². The monoisotopic (exact) mass is 237 g/mol. The van der Waals surface area contributed by atoms with Crippen LogP contribution in [0, 0.1) is 20.8 Å². The number of aromatic nitrogens is 2. The summed E-state index contributed by atoms with van der Waals surface area (Å²) in [6.07, 6.45) is 0. The lowest BCUT2D eigenvalue weighted by molar-refractivity contribution is 0.388. The van der Waals surface area contributed by atoms with Gasteiger partial charge in [-0.1, -0.05) is 5.16 Å². The molecule has 0 atom stereocenters. The van der Waals surface area contributed by atoms with Gasteiger partial charge in [-0.3, -0.25) is 0 Å². The van der Waals surface area contributed by atoms with Crippen LogP contribution in [0.3, 0.4) is 0 Å². The van der Waals surface area contributed by atoms with Gasteiger partial charge in [-0.15, -0.1) is 11.3 Å². The van der Waals surface area contributed by atoms with E-state index in [0.29, 0.717) is 0 Å². The highest BCUT2D eigenvalue weighted by Gasteiger charge is 2.04. The average Bonchev–Trinajstić information content (AvgIpc) is 2.75. The van der Waals surface area contributed by atoms with Crippen LogP contribution < -0.4 is 5.32 Å². The first kappa shape index (κ1) is 11.3. The summed E-state index contributed by atoms with van der Waals surface area (Å²) in [4.78, 5) is 5.74. The molecule has 2 aromatic heterocycles. The molecule has 0 bridgehead atoms. The van der Waals surface area contributed by atoms with Gasteiger partial charge in [0.25, 0.3) is 0 Å². The van der Waals surface area contributed by atoms with Crippen molar-refractivity contribution in [2.45, 2.75) is 33.9 Å². The normalized spacial score (nSPS) is 10.9. The van der Waals surface area contributed by atoms with E-state index in [2.05, 4.69) is 22.4 Å². The van der Waals surface area contributed by atoms with Crippen molar-refractivity contribution in [2.24, 2.45) is 0 Å². The van der Waals surface area contributed by atoms with Gasteiger partial charge in [0.15, 0.2) is 0 Å². The van der Waals surface area contributed by atoms with Crippen LogP contribution in [0.15, 0.2) is 10.6 Å². The highest BCUT2D eigenvalue weighted by molar-refractivity contribution is 7.11. The Morgan fingerprint density at radius 2 is 2.12 bits per heavy atom. The van der Waals surface area contributed by atoms with Crippen LogP contribution in [0.5, 0.6) is 0 Å². The van der Waals surface area contributed by atoms with Crippen molar-refractivity contribution in [1.82, 2.24) is 15.5 Å². The zero-order valence-electron chi connectivity index (χ0n) is 9.70. The van der Waals surface area contributed by atoms with E-state index in [9.17, 15) is 0 Å². The highest BCUT2D eigenvalue weighted by Crippen LogP contribution is 2.16. The summed E-state index contributed by atoms with van der Waals surface area (Å²) in [6.45, 7) is 7.53. The Kier molecular flexibility index (Phi) is 3.36. The molecule has 0 aromatic carbocycles. The van der Waals surface area contributed by atoms with Crippen molar-refractivity contribution in [3.8, 4) is 0 Å². The number of hydrogen-bond donors (Lipinski definition) is 1. The Labute approximate surface area is 98.7 Å². The topological polar surface area (TPSA) is 51.0 Å². The maximum Gasteiger partial charge on any atom is 0.133 e. The number of nitrogens with zero attached hydrogens (tertiary/aromatic N) is 2. The summed E-state index contributed by atoms with van der Waals surface area (Å²) in [7, 11) is 0. The first-order valence-corrected chi connectivity index (χ1v) is 6.02. The molecular formula is C11H15N3OS. The molecule has 16 heavy (non-hydrogen) atoms. The third-order valence-electron chi connectivity index (χ3n) is 2.33. The van der Waals surface area contributed by atoms with E-state index in [4.69, 9.17) is 4.52 Å². The predicted molar refractivity (Wildman–Crippen MR) is 63.4 cm³/mol. The van der Waals surface area contributed by atoms with Crippen molar-refractivity contribution >= 4 is 11.3 Å². The number of thiazole rings is 1. The van der Waals surface area contributed by atoms with Crippen LogP contribution in [-0.2, 0) is 13.1 Å². The summed E-state index contributed by atoms with van der Waals surface area (Å²) >= 11 is 1.74. The Bertz CT molecular complexity index is 456. The first-order chi connectivity index (χ1) is 7.65. The maximum atomic E-state index is 4.99. The zero-order valence-corrected chi connectivity index (χ0v) is 10.5. The zero-order chi connectivity index (χ0) is 11.5. The lowest BCUT2D eigenvalue weighted by Gasteiger charge is -1.97. The molecule has 0 aliphatic rings. The molecule has 5 heteroatoms. The molecule has 0 amide bonds. The van der Waals surface area contributed by atoms with Crippen molar-refractivity contribution in [1.29, 1.82) is 0 Å². The van der Waals surface area contributed by atoms with Gasteiger partial charge in [-0.25, -0.2) is 4.98 Å². The largest absolute Gasteiger partial charge is 0.361 e. The number of rotatable bonds is 4. The Hall–Kier alpha value is -1.20. The number of aryl methyl sites for hydroxylation is 3. The van der Waals surface area contributed by atoms with Gasteiger partial charge in [-0.05, 0) is 20.8 Å². The molecule has 1 N–H and O–H groups in total. The Balaban J connectivity index is 1.84. The predicted octanol–water partition coefficient (Wildman–Crippen LogP) is 2.35. The van der Waals surface area contributed by atoms with Crippen molar-refractivity contribution in [2.75, 3.05) is 0 Å². The molecule has 0 aliphatic carbocycles. The molecule has 2 aromatic rings. The fourth-order valence-electron chi connectivity index (χ4n) is 1.41. The summed E-state index contributed by atoms with van der Waals surface area (Å²) < 4.78 is 4.99. The summed E-state index contributed by atoms with van der Waals surface area (Å²) in [6, 6.07) is 1.94. The van der Waals surface area contributed by atoms with Crippen LogP contribution in [0.25, 0.3) is 0 Å². The van der Waals surface area contributed by atoms with Gasteiger partial charge in [-0.2, -0.15) is 0 Å². The molecule has 0 unspecified atom stereocenters. The summed E-state index contributed by atoms with van der Waals surface area (Å²) in [5, 5.41) is 8.33. The smallest absolute Gasteiger partial charge is 0.133 e. The summed E-state index contributed by atoms with van der Waals surface area (Å²) in [5.41, 5.74) is 2.06. The third-order valence-corrected chi connectivity index (χ3v) is 3.40. The molecule has 2 rings (SSSR count). The maximum absolute atomic E-state index is 4.99. The lowest BCUT2D eigenvalue weighted by Crippen LogP contribution is -2.12. The van der Waals surface area contributed by atoms with Gasteiger partial charge in [0.05, 0.1) is 11.4 Å². The van der Waals surface area contributed by atoms with Crippen LogP contribution in [0.2, 0.25) is 0 Å². The van der Waals surface area contributed by atoms with E-state index in [0.717, 1.165) is 35.2 Å². The average molecular weight is 237 g/mol. The molecule has 86 valence electrons. The second-order valence-electron chi connectivity index (χ2n) is 3.78. The van der Waals surface area contributed by atoms with Gasteiger partial charge < -0.3 is 9.84 Å². The lowest BCUT2D eigenvalue weighted by atomic mass is 10.4. The standard InChI is InChI=1S/C11H15N3OS/c1-7-4-10(14-15-7)5-12-6-11-13-8(2)9(3)16-11/h4,12H,5-6H2,1-3H3. The van der Waals surface area contributed by atoms with Crippen LogP contribution >= 0.6 is 11.3 Å². The van der Waals surface area contributed by atoms with E-state index in [-0.39, 0.29) is 0 Å². The van der Waals surface area contributed by atoms with E-state index in [1.165, 1.54) is 4.88 Å². The molecule has 0 saturated carbocycles. The number of nitrogens with one attached hydrogen (secondary N) is 1. The minimum absolute atomic E-state index is 0.717. The first-order valence-electron chi connectivity index (χ1n) is 5.21. The molecular weight excluding hydrogens is 222 g/mol. The molecule has 0 radical (unpaired) electrons. The van der Waals surface area contributed by atoms with E-state index >= 15 is 0 Å². The Morgan fingerprint density at radius 1 is 1.31 bits per heavy atom. The number of hydrogen-bond acceptors (Lipinski definition) is 5. The third kappa shape index (κ3) is 2.68. The van der Waals surface area contributed by atoms with Crippen molar-refractivity contribution in [3.63, 3.8) is 0 Å². The quantitative estimate of drug-likeness (QED) is 0.886. The van der Waals surface area contributed by atoms with Crippen LogP contribution in [0.1, 0.15) is 27.0 Å². The molecule has 0 fully saturated rings. The van der Waals surface area contributed by atoms with Gasteiger partial charge in [0.1, 0.15) is 10.8 Å². The molecule has 0 saturated heterocycles. The second-order valence-corrected chi connectivity index (χ2v) is 5.07. The molecule has 0 spiro atoms. The van der Waals surface area contributed by atoms with Crippen molar-refractivity contribution < 1.29 is 4.52 Å². The Morgan fingerprint density at radius 3 is 2.69 bits per heavy atom. The van der Waals surface area contributed by atoms with E-state index < -0.39 is 0 Å². The van der Waals surface area contributed by atoms with Crippen LogP contribution in [0.4, 0.5) is 0 Å². The summed E-state index contributed by atoms with van der Waals surface area (Å²) in [5.74, 6) is 0.845. The molecule has 0 aliphatic heterocycles. The van der Waals surface area contributed by atoms with Gasteiger partial charge in [0, 0.05) is 24.0 Å². The van der Waals surface area contributed by atoms with Gasteiger partial charge in [0.2, 0.25) is 0 Å². The molecule has 2 heterocycles. The van der Waals surface area contributed by atoms with Gasteiger partial charge >= 0.3 is 0 Å². The SMILES string of the molecule is Cc1cc(CNCc2nc(C)c(C)s2)no1. The minimum atomic E-state index is 0.717. The fourth-order valence-corrected chi connectivity index (χ4v) is 2.32. The molecule has 4 nitrogen and oxygen atoms in total.